The van der Waals surface area contributed by atoms with E-state index in [0.717, 1.165) is 38.5 Å². The van der Waals surface area contributed by atoms with Crippen LogP contribution in [0.15, 0.2) is 0 Å². The van der Waals surface area contributed by atoms with Gasteiger partial charge in [0.25, 0.3) is 0 Å². The minimum atomic E-state index is -0.771. The molecule has 0 bridgehead atoms. The number of carbonyl (C=O) groups excluding carboxylic acids is 1. The van der Waals surface area contributed by atoms with E-state index >= 15 is 0 Å². The van der Waals surface area contributed by atoms with Gasteiger partial charge in [0.15, 0.2) is 0 Å². The van der Waals surface area contributed by atoms with Gasteiger partial charge < -0.3 is 15.3 Å². The van der Waals surface area contributed by atoms with E-state index in [4.69, 9.17) is 5.11 Å². The number of carboxylic acids is 1. The Hall–Kier alpha value is -0.940. The largest absolute Gasteiger partial charge is 0.481 e. The summed E-state index contributed by atoms with van der Waals surface area (Å²) >= 11 is 0. The molecular formula is C24H38O5. The van der Waals surface area contributed by atoms with Gasteiger partial charge >= 0.3 is 5.97 Å². The van der Waals surface area contributed by atoms with Crippen molar-refractivity contribution >= 4 is 11.8 Å². The molecule has 0 aromatic carbocycles. The quantitative estimate of drug-likeness (QED) is 0.662. The first-order chi connectivity index (χ1) is 13.6. The predicted octanol–water partition coefficient (Wildman–Crippen LogP) is 3.66. The molecule has 10 atom stereocenters. The second-order valence-electron chi connectivity index (χ2n) is 11.2. The molecule has 4 fully saturated rings. The zero-order valence-electron chi connectivity index (χ0n) is 18.1. The number of ketones is 1. The van der Waals surface area contributed by atoms with E-state index in [9.17, 15) is 19.8 Å². The third-order valence-corrected chi connectivity index (χ3v) is 10.1. The van der Waals surface area contributed by atoms with E-state index in [1.165, 1.54) is 0 Å². The van der Waals surface area contributed by atoms with E-state index in [1.54, 1.807) is 0 Å². The van der Waals surface area contributed by atoms with Crippen LogP contribution in [0.3, 0.4) is 0 Å². The molecule has 0 amide bonds. The summed E-state index contributed by atoms with van der Waals surface area (Å²) in [5, 5.41) is 30.5. The van der Waals surface area contributed by atoms with Crippen LogP contribution in [0.5, 0.6) is 0 Å². The molecule has 0 aliphatic heterocycles. The fraction of sp³-hybridized carbons (Fsp3) is 0.917. The van der Waals surface area contributed by atoms with Crippen LogP contribution >= 0.6 is 0 Å². The normalized spacial score (nSPS) is 50.4. The lowest BCUT2D eigenvalue weighted by Gasteiger charge is -2.61. The van der Waals surface area contributed by atoms with Gasteiger partial charge in [-0.1, -0.05) is 20.8 Å². The third kappa shape index (κ3) is 3.18. The number of rotatable bonds is 4. The number of carboxylic acid groups (broad SMARTS) is 1. The standard InChI is InChI=1S/C24H38O5/c1-13(4-7-21(28)29)16-5-6-17-22-18(12-20(27)24(16,17)3)23(2)9-8-15(25)10-14(23)11-19(22)26/h13-19,22,25-26H,4-12H2,1-3H3,(H,28,29)/t13-,14+,15-,16?,17+,18+,19-,22+,23+,24-/m1/s1. The molecule has 164 valence electrons. The maximum absolute atomic E-state index is 13.6. The van der Waals surface area contributed by atoms with Crippen molar-refractivity contribution in [2.24, 2.45) is 46.3 Å². The maximum atomic E-state index is 13.6. The van der Waals surface area contributed by atoms with Gasteiger partial charge in [0, 0.05) is 18.3 Å². The van der Waals surface area contributed by atoms with E-state index in [1.807, 2.05) is 0 Å². The zero-order valence-corrected chi connectivity index (χ0v) is 18.1. The Balaban J connectivity index is 1.62. The van der Waals surface area contributed by atoms with Gasteiger partial charge in [0.05, 0.1) is 12.2 Å². The highest BCUT2D eigenvalue weighted by atomic mass is 16.4. The summed E-state index contributed by atoms with van der Waals surface area (Å²) in [6, 6.07) is 0. The molecule has 5 heteroatoms. The minimum absolute atomic E-state index is 0.0348. The monoisotopic (exact) mass is 406 g/mol. The van der Waals surface area contributed by atoms with Crippen molar-refractivity contribution in [2.45, 2.75) is 90.8 Å². The first-order valence-electron chi connectivity index (χ1n) is 11.7. The molecule has 0 aromatic heterocycles. The molecular weight excluding hydrogens is 368 g/mol. The predicted molar refractivity (Wildman–Crippen MR) is 109 cm³/mol. The summed E-state index contributed by atoms with van der Waals surface area (Å²) in [4.78, 5) is 24.7. The van der Waals surface area contributed by atoms with Crippen LogP contribution in [0, 0.1) is 46.3 Å². The smallest absolute Gasteiger partial charge is 0.303 e. The lowest BCUT2D eigenvalue weighted by molar-refractivity contribution is -0.181. The fourth-order valence-electron chi connectivity index (χ4n) is 8.41. The molecule has 0 radical (unpaired) electrons. The van der Waals surface area contributed by atoms with Gasteiger partial charge in [0.2, 0.25) is 0 Å². The molecule has 4 rings (SSSR count). The van der Waals surface area contributed by atoms with Crippen molar-refractivity contribution in [3.05, 3.63) is 0 Å². The SMILES string of the molecule is C[C@H](CCC(=O)O)C1CC[C@H]2[C@@H]3[C@H](O)C[C@@H]4C[C@H](O)CC[C@]4(C)[C@H]3CC(=O)[C@]12C. The molecule has 0 aromatic rings. The highest BCUT2D eigenvalue weighted by molar-refractivity contribution is 5.87. The van der Waals surface area contributed by atoms with Gasteiger partial charge in [0.1, 0.15) is 5.78 Å². The molecule has 0 heterocycles. The Morgan fingerprint density at radius 3 is 2.55 bits per heavy atom. The van der Waals surface area contributed by atoms with E-state index in [-0.39, 0.29) is 47.5 Å². The number of Topliss-reactive ketones (excluding diaryl/α,β-unsaturated/α-hetero) is 1. The van der Waals surface area contributed by atoms with Gasteiger partial charge in [-0.25, -0.2) is 0 Å². The molecule has 4 aliphatic carbocycles. The van der Waals surface area contributed by atoms with Crippen molar-refractivity contribution in [3.8, 4) is 0 Å². The van der Waals surface area contributed by atoms with Crippen molar-refractivity contribution in [1.82, 2.24) is 0 Å². The highest BCUT2D eigenvalue weighted by Crippen LogP contribution is 2.67. The highest BCUT2D eigenvalue weighted by Gasteiger charge is 2.65. The molecule has 4 saturated carbocycles. The first-order valence-corrected chi connectivity index (χ1v) is 11.7. The zero-order chi connectivity index (χ0) is 21.1. The lowest BCUT2D eigenvalue weighted by Crippen LogP contribution is -2.61. The van der Waals surface area contributed by atoms with Crippen molar-refractivity contribution in [2.75, 3.05) is 0 Å². The van der Waals surface area contributed by atoms with Crippen molar-refractivity contribution < 1.29 is 24.9 Å². The summed E-state index contributed by atoms with van der Waals surface area (Å²) in [6.45, 7) is 6.54. The van der Waals surface area contributed by atoms with Crippen LogP contribution in [-0.4, -0.2) is 39.3 Å². The number of carbonyl (C=O) groups is 2. The lowest BCUT2D eigenvalue weighted by atomic mass is 9.43. The molecule has 0 saturated heterocycles. The Morgan fingerprint density at radius 1 is 1.14 bits per heavy atom. The van der Waals surface area contributed by atoms with E-state index in [0.29, 0.717) is 24.5 Å². The first kappa shape index (κ1) is 21.3. The number of aliphatic hydroxyl groups is 2. The third-order valence-electron chi connectivity index (χ3n) is 10.1. The molecule has 5 nitrogen and oxygen atoms in total. The van der Waals surface area contributed by atoms with Gasteiger partial charge in [-0.05, 0) is 85.9 Å². The number of fused-ring (bicyclic) bond motifs is 5. The van der Waals surface area contributed by atoms with E-state index < -0.39 is 17.5 Å². The number of aliphatic carboxylic acids is 1. The van der Waals surface area contributed by atoms with Crippen molar-refractivity contribution in [1.29, 1.82) is 0 Å². The van der Waals surface area contributed by atoms with Crippen LogP contribution in [0.2, 0.25) is 0 Å². The van der Waals surface area contributed by atoms with Gasteiger partial charge in [-0.3, -0.25) is 9.59 Å². The van der Waals surface area contributed by atoms with E-state index in [2.05, 4.69) is 20.8 Å². The fourth-order valence-corrected chi connectivity index (χ4v) is 8.41. The van der Waals surface area contributed by atoms with Crippen LogP contribution in [0.25, 0.3) is 0 Å². The second-order valence-corrected chi connectivity index (χ2v) is 11.2. The summed E-state index contributed by atoms with van der Waals surface area (Å²) in [5.41, 5.74) is -0.398. The summed E-state index contributed by atoms with van der Waals surface area (Å²) in [7, 11) is 0. The molecule has 0 spiro atoms. The Kier molecular flexibility index (Phi) is 5.39. The van der Waals surface area contributed by atoms with Gasteiger partial charge in [-0.2, -0.15) is 0 Å². The average molecular weight is 407 g/mol. The topological polar surface area (TPSA) is 94.8 Å². The van der Waals surface area contributed by atoms with Crippen LogP contribution in [0.4, 0.5) is 0 Å². The van der Waals surface area contributed by atoms with Crippen LogP contribution in [-0.2, 0) is 9.59 Å². The second kappa shape index (κ2) is 7.33. The average Bonchev–Trinajstić information content (AvgIpc) is 3.01. The minimum Gasteiger partial charge on any atom is -0.481 e. The van der Waals surface area contributed by atoms with Crippen LogP contribution < -0.4 is 0 Å². The molecule has 1 unspecified atom stereocenters. The Bertz CT molecular complexity index is 676. The number of hydrogen-bond donors (Lipinski definition) is 3. The number of aliphatic hydroxyl groups excluding tert-OH is 2. The Labute approximate surface area is 174 Å². The molecule has 29 heavy (non-hydrogen) atoms. The van der Waals surface area contributed by atoms with Crippen molar-refractivity contribution in [3.63, 3.8) is 0 Å². The molecule has 4 aliphatic rings. The summed E-state index contributed by atoms with van der Waals surface area (Å²) in [6.07, 6.45) is 5.82. The van der Waals surface area contributed by atoms with Crippen LogP contribution in [0.1, 0.15) is 78.6 Å². The summed E-state index contributed by atoms with van der Waals surface area (Å²) in [5.74, 6) is 0.855. The maximum Gasteiger partial charge on any atom is 0.303 e. The number of hydrogen-bond acceptors (Lipinski definition) is 4. The Morgan fingerprint density at radius 2 is 1.86 bits per heavy atom. The van der Waals surface area contributed by atoms with Gasteiger partial charge in [-0.15, -0.1) is 0 Å². The summed E-state index contributed by atoms with van der Waals surface area (Å²) < 4.78 is 0. The molecule has 3 N–H and O–H groups in total.